The Morgan fingerprint density at radius 3 is 2.61 bits per heavy atom. The van der Waals surface area contributed by atoms with Gasteiger partial charge in [-0.3, -0.25) is 4.79 Å². The van der Waals surface area contributed by atoms with Gasteiger partial charge < -0.3 is 10.6 Å². The molecule has 0 saturated carbocycles. The van der Waals surface area contributed by atoms with E-state index >= 15 is 0 Å². The number of carbonyl (C=O) groups is 1. The van der Waals surface area contributed by atoms with Crippen molar-refractivity contribution in [2.75, 3.05) is 13.1 Å². The van der Waals surface area contributed by atoms with Gasteiger partial charge in [-0.05, 0) is 45.8 Å². The van der Waals surface area contributed by atoms with Crippen LogP contribution in [0.5, 0.6) is 0 Å². The minimum atomic E-state index is -4.64. The quantitative estimate of drug-likeness (QED) is 0.827. The van der Waals surface area contributed by atoms with Gasteiger partial charge in [0.2, 0.25) is 5.82 Å². The van der Waals surface area contributed by atoms with Gasteiger partial charge in [0.05, 0.1) is 29.2 Å². The first-order valence-electron chi connectivity index (χ1n) is 8.99. The summed E-state index contributed by atoms with van der Waals surface area (Å²) in [5.74, 6) is -0.922. The third-order valence-corrected chi connectivity index (χ3v) is 4.58. The van der Waals surface area contributed by atoms with E-state index < -0.39 is 17.9 Å². The molecule has 0 atom stereocenters. The van der Waals surface area contributed by atoms with Crippen molar-refractivity contribution in [1.29, 1.82) is 0 Å². The van der Waals surface area contributed by atoms with Crippen LogP contribution in [0.2, 0.25) is 0 Å². The summed E-state index contributed by atoms with van der Waals surface area (Å²) in [6.45, 7) is 5.05. The van der Waals surface area contributed by atoms with Crippen molar-refractivity contribution in [2.45, 2.75) is 45.3 Å². The summed E-state index contributed by atoms with van der Waals surface area (Å²) in [5.41, 5.74) is 1.72. The summed E-state index contributed by atoms with van der Waals surface area (Å²) < 4.78 is 38.2. The number of aromatic nitrogens is 4. The number of alkyl halides is 3. The largest absolute Gasteiger partial charge is 0.451 e. The molecule has 1 aliphatic rings. The van der Waals surface area contributed by atoms with Gasteiger partial charge in [-0.1, -0.05) is 0 Å². The highest BCUT2D eigenvalue weighted by Crippen LogP contribution is 2.28. The summed E-state index contributed by atoms with van der Waals surface area (Å²) in [6.07, 6.45) is -1.89. The third-order valence-electron chi connectivity index (χ3n) is 4.58. The van der Waals surface area contributed by atoms with Gasteiger partial charge in [-0.2, -0.15) is 13.2 Å². The number of hydrogen-bond acceptors (Lipinski definition) is 6. The van der Waals surface area contributed by atoms with Crippen LogP contribution in [0.1, 0.15) is 57.8 Å². The van der Waals surface area contributed by atoms with E-state index in [4.69, 9.17) is 0 Å². The van der Waals surface area contributed by atoms with E-state index in [2.05, 4.69) is 30.6 Å². The molecule has 0 bridgehead atoms. The molecule has 7 nitrogen and oxygen atoms in total. The van der Waals surface area contributed by atoms with Gasteiger partial charge in [-0.25, -0.2) is 19.9 Å². The number of nitrogens with zero attached hydrogens (tertiary/aromatic N) is 4. The highest BCUT2D eigenvalue weighted by atomic mass is 19.4. The average Bonchev–Trinajstić information content (AvgIpc) is 2.66. The minimum Gasteiger partial charge on any atom is -0.346 e. The monoisotopic (exact) mass is 394 g/mol. The zero-order valence-corrected chi connectivity index (χ0v) is 15.6. The van der Waals surface area contributed by atoms with Gasteiger partial charge in [0.1, 0.15) is 5.82 Å². The highest BCUT2D eigenvalue weighted by molar-refractivity contribution is 5.96. The van der Waals surface area contributed by atoms with Crippen molar-refractivity contribution < 1.29 is 18.0 Å². The SMILES string of the molecule is Cc1nc(C)c(C(=O)NCc2ccnc(C(F)(F)F)n2)c(C2CCNCC2)n1. The zero-order chi connectivity index (χ0) is 20.3. The maximum absolute atomic E-state index is 12.8. The van der Waals surface area contributed by atoms with Crippen LogP contribution >= 0.6 is 0 Å². The molecule has 150 valence electrons. The molecular weight excluding hydrogens is 373 g/mol. The smallest absolute Gasteiger partial charge is 0.346 e. The Morgan fingerprint density at radius 2 is 1.93 bits per heavy atom. The standard InChI is InChI=1S/C18H21F3N6O/c1-10-14(15(26-11(2)25-10)12-3-6-22-7-4-12)16(28)24-9-13-5-8-23-17(27-13)18(19,20)21/h5,8,12,22H,3-4,6-7,9H2,1-2H3,(H,24,28). The van der Waals surface area contributed by atoms with Crippen LogP contribution in [0.3, 0.4) is 0 Å². The molecule has 2 aromatic heterocycles. The lowest BCUT2D eigenvalue weighted by molar-refractivity contribution is -0.145. The van der Waals surface area contributed by atoms with E-state index in [1.807, 2.05) is 0 Å². The predicted octanol–water partition coefficient (Wildman–Crippen LogP) is 2.30. The van der Waals surface area contributed by atoms with Gasteiger partial charge in [0.25, 0.3) is 5.91 Å². The molecule has 2 aromatic rings. The Morgan fingerprint density at radius 1 is 1.21 bits per heavy atom. The lowest BCUT2D eigenvalue weighted by Crippen LogP contribution is -2.31. The summed E-state index contributed by atoms with van der Waals surface area (Å²) in [5, 5.41) is 5.92. The van der Waals surface area contributed by atoms with Crippen molar-refractivity contribution in [3.8, 4) is 0 Å². The Hall–Kier alpha value is -2.62. The van der Waals surface area contributed by atoms with Crippen LogP contribution < -0.4 is 10.6 Å². The number of carbonyl (C=O) groups excluding carboxylic acids is 1. The van der Waals surface area contributed by atoms with Crippen molar-refractivity contribution in [1.82, 2.24) is 30.6 Å². The number of halogens is 3. The van der Waals surface area contributed by atoms with E-state index in [0.29, 0.717) is 22.8 Å². The molecular formula is C18H21F3N6O. The molecule has 1 fully saturated rings. The maximum Gasteiger partial charge on any atom is 0.451 e. The number of hydrogen-bond donors (Lipinski definition) is 2. The molecule has 1 saturated heterocycles. The van der Waals surface area contributed by atoms with E-state index in [1.54, 1.807) is 13.8 Å². The molecule has 0 aliphatic carbocycles. The fourth-order valence-electron chi connectivity index (χ4n) is 3.30. The molecule has 0 aromatic carbocycles. The fraction of sp³-hybridized carbons (Fsp3) is 0.500. The predicted molar refractivity (Wildman–Crippen MR) is 94.6 cm³/mol. The average molecular weight is 394 g/mol. The van der Waals surface area contributed by atoms with Crippen LogP contribution in [0, 0.1) is 13.8 Å². The van der Waals surface area contributed by atoms with Gasteiger partial charge >= 0.3 is 6.18 Å². The third kappa shape index (κ3) is 4.61. The van der Waals surface area contributed by atoms with Crippen LogP contribution in [0.4, 0.5) is 13.2 Å². The second-order valence-corrected chi connectivity index (χ2v) is 6.69. The number of rotatable bonds is 4. The van der Waals surface area contributed by atoms with Gasteiger partial charge in [-0.15, -0.1) is 0 Å². The second kappa shape index (κ2) is 8.17. The molecule has 2 N–H and O–H groups in total. The van der Waals surface area contributed by atoms with Gasteiger partial charge in [0, 0.05) is 12.1 Å². The van der Waals surface area contributed by atoms with Gasteiger partial charge in [0.15, 0.2) is 0 Å². The number of nitrogens with one attached hydrogen (secondary N) is 2. The number of piperidine rings is 1. The van der Waals surface area contributed by atoms with Crippen molar-refractivity contribution >= 4 is 5.91 Å². The Kier molecular flexibility index (Phi) is 5.87. The van der Waals surface area contributed by atoms with Crippen molar-refractivity contribution in [2.24, 2.45) is 0 Å². The normalized spacial score (nSPS) is 15.5. The molecule has 3 rings (SSSR count). The molecule has 3 heterocycles. The number of aryl methyl sites for hydroxylation is 2. The van der Waals surface area contributed by atoms with E-state index in [1.165, 1.54) is 6.07 Å². The zero-order valence-electron chi connectivity index (χ0n) is 15.6. The lowest BCUT2D eigenvalue weighted by atomic mass is 9.90. The molecule has 0 radical (unpaired) electrons. The first-order chi connectivity index (χ1) is 13.3. The Balaban J connectivity index is 1.81. The maximum atomic E-state index is 12.8. The second-order valence-electron chi connectivity index (χ2n) is 6.69. The highest BCUT2D eigenvalue weighted by Gasteiger charge is 2.34. The Labute approximate surface area is 160 Å². The van der Waals surface area contributed by atoms with E-state index in [-0.39, 0.29) is 18.2 Å². The topological polar surface area (TPSA) is 92.7 Å². The first-order valence-corrected chi connectivity index (χ1v) is 8.99. The van der Waals surface area contributed by atoms with E-state index in [0.717, 1.165) is 32.1 Å². The van der Waals surface area contributed by atoms with Crippen molar-refractivity contribution in [3.63, 3.8) is 0 Å². The number of amides is 1. The van der Waals surface area contributed by atoms with Crippen molar-refractivity contribution in [3.05, 3.63) is 46.6 Å². The summed E-state index contributed by atoms with van der Waals surface area (Å²) >= 11 is 0. The summed E-state index contributed by atoms with van der Waals surface area (Å²) in [4.78, 5) is 28.3. The van der Waals surface area contributed by atoms with Crippen LogP contribution in [0.25, 0.3) is 0 Å². The van der Waals surface area contributed by atoms with Crippen LogP contribution in [0.15, 0.2) is 12.3 Å². The fourth-order valence-corrected chi connectivity index (χ4v) is 3.30. The molecule has 1 amide bonds. The first kappa shape index (κ1) is 20.1. The molecule has 0 unspecified atom stereocenters. The minimum absolute atomic E-state index is 0.0739. The lowest BCUT2D eigenvalue weighted by Gasteiger charge is -2.24. The van der Waals surface area contributed by atoms with E-state index in [9.17, 15) is 18.0 Å². The summed E-state index contributed by atoms with van der Waals surface area (Å²) in [6, 6.07) is 1.34. The molecule has 10 heteroatoms. The molecule has 0 spiro atoms. The Bertz CT molecular complexity index is 865. The van der Waals surface area contributed by atoms with Crippen LogP contribution in [-0.2, 0) is 12.7 Å². The molecule has 28 heavy (non-hydrogen) atoms. The molecule has 1 aliphatic heterocycles. The summed E-state index contributed by atoms with van der Waals surface area (Å²) in [7, 11) is 0. The van der Waals surface area contributed by atoms with Crippen LogP contribution in [-0.4, -0.2) is 38.9 Å².